The molecule has 9 nitrogen and oxygen atoms in total. The maximum Gasteiger partial charge on any atom is 0.260 e. The number of hydrogen-bond donors (Lipinski definition) is 3. The number of nitrogens with zero attached hydrogens (tertiary/aromatic N) is 2. The van der Waals surface area contributed by atoms with E-state index in [2.05, 4.69) is 20.9 Å². The second-order valence-electron chi connectivity index (χ2n) is 6.71. The lowest BCUT2D eigenvalue weighted by molar-refractivity contribution is -0.122. The van der Waals surface area contributed by atoms with Crippen LogP contribution in [-0.2, 0) is 16.6 Å². The summed E-state index contributed by atoms with van der Waals surface area (Å²) in [6.07, 6.45) is 1.17. The van der Waals surface area contributed by atoms with E-state index in [9.17, 15) is 19.2 Å². The van der Waals surface area contributed by atoms with Gasteiger partial charge in [-0.05, 0) is 30.3 Å². The molecule has 0 saturated carbocycles. The molecule has 1 aliphatic heterocycles. The minimum Gasteiger partial charge on any atom is -0.340 e. The van der Waals surface area contributed by atoms with Crippen molar-refractivity contribution in [1.82, 2.24) is 14.9 Å². The minimum atomic E-state index is -1.02. The van der Waals surface area contributed by atoms with Gasteiger partial charge in [-0.1, -0.05) is 12.1 Å². The molecule has 1 aliphatic rings. The number of amides is 3. The van der Waals surface area contributed by atoms with Crippen LogP contribution >= 0.6 is 0 Å². The van der Waals surface area contributed by atoms with E-state index in [4.69, 9.17) is 0 Å². The number of aromatic nitrogens is 2. The van der Waals surface area contributed by atoms with Crippen LogP contribution in [-0.4, -0.2) is 33.3 Å². The number of hydrogen-bond acceptors (Lipinski definition) is 5. The molecule has 0 spiro atoms. The van der Waals surface area contributed by atoms with E-state index in [0.717, 1.165) is 0 Å². The van der Waals surface area contributed by atoms with Crippen molar-refractivity contribution in [3.05, 3.63) is 64.7 Å². The molecule has 0 aliphatic carbocycles. The van der Waals surface area contributed by atoms with Crippen LogP contribution in [0.2, 0.25) is 0 Å². The van der Waals surface area contributed by atoms with Crippen molar-refractivity contribution >= 4 is 40.0 Å². The van der Waals surface area contributed by atoms with Crippen LogP contribution in [0, 0.1) is 0 Å². The van der Waals surface area contributed by atoms with Crippen LogP contribution in [0.5, 0.6) is 0 Å². The summed E-state index contributed by atoms with van der Waals surface area (Å²) in [5, 5.41) is 8.25. The number of fused-ring (bicyclic) bond motifs is 2. The first-order valence-corrected chi connectivity index (χ1v) is 8.88. The molecule has 0 saturated heterocycles. The second kappa shape index (κ2) is 7.19. The second-order valence-corrected chi connectivity index (χ2v) is 6.71. The Balaban J connectivity index is 1.51. The lowest BCUT2D eigenvalue weighted by Crippen LogP contribution is -2.43. The maximum absolute atomic E-state index is 12.5. The zero-order chi connectivity index (χ0) is 20.5. The Morgan fingerprint density at radius 2 is 1.97 bits per heavy atom. The predicted molar refractivity (Wildman–Crippen MR) is 107 cm³/mol. The standard InChI is InChI=1S/C20H17N5O4/c1-25-10-21-14-7-6-11(8-13(14)20(25)29)22-17(26)9-16-19(28)23-15-5-3-2-4-12(15)18(27)24-16/h2-8,10,16H,9H2,1H3,(H,22,26)(H,23,28)(H,24,27). The smallest absolute Gasteiger partial charge is 0.260 e. The number of para-hydroxylation sites is 1. The molecule has 3 aromatic rings. The highest BCUT2D eigenvalue weighted by Crippen LogP contribution is 2.19. The van der Waals surface area contributed by atoms with Crippen molar-refractivity contribution in [3.63, 3.8) is 0 Å². The normalized spacial score (nSPS) is 15.8. The lowest BCUT2D eigenvalue weighted by atomic mass is 10.1. The Kier molecular flexibility index (Phi) is 4.55. The summed E-state index contributed by atoms with van der Waals surface area (Å²) in [4.78, 5) is 53.6. The summed E-state index contributed by atoms with van der Waals surface area (Å²) in [6.45, 7) is 0. The summed E-state index contributed by atoms with van der Waals surface area (Å²) in [6, 6.07) is 10.4. The third-order valence-corrected chi connectivity index (χ3v) is 4.64. The van der Waals surface area contributed by atoms with Gasteiger partial charge in [0, 0.05) is 12.7 Å². The van der Waals surface area contributed by atoms with Crippen molar-refractivity contribution in [1.29, 1.82) is 0 Å². The van der Waals surface area contributed by atoms with Gasteiger partial charge in [-0.25, -0.2) is 4.98 Å². The number of benzene rings is 2. The van der Waals surface area contributed by atoms with Gasteiger partial charge < -0.3 is 20.5 Å². The number of nitrogens with one attached hydrogen (secondary N) is 3. The van der Waals surface area contributed by atoms with Crippen LogP contribution < -0.4 is 21.5 Å². The fourth-order valence-corrected chi connectivity index (χ4v) is 3.14. The van der Waals surface area contributed by atoms with Crippen molar-refractivity contribution in [2.24, 2.45) is 7.05 Å². The highest BCUT2D eigenvalue weighted by atomic mass is 16.2. The summed E-state index contributed by atoms with van der Waals surface area (Å²) >= 11 is 0. The van der Waals surface area contributed by atoms with E-state index in [1.165, 1.54) is 17.0 Å². The molecule has 2 heterocycles. The third kappa shape index (κ3) is 3.57. The van der Waals surface area contributed by atoms with Gasteiger partial charge in [0.2, 0.25) is 11.8 Å². The van der Waals surface area contributed by atoms with Gasteiger partial charge in [-0.3, -0.25) is 19.2 Å². The summed E-state index contributed by atoms with van der Waals surface area (Å²) in [7, 11) is 1.59. The zero-order valence-electron chi connectivity index (χ0n) is 15.4. The van der Waals surface area contributed by atoms with Gasteiger partial charge in [0.25, 0.3) is 11.5 Å². The Bertz CT molecular complexity index is 1220. The van der Waals surface area contributed by atoms with Crippen molar-refractivity contribution in [2.45, 2.75) is 12.5 Å². The fraction of sp³-hybridized carbons (Fsp3) is 0.150. The zero-order valence-corrected chi connectivity index (χ0v) is 15.4. The Hall–Kier alpha value is -4.01. The van der Waals surface area contributed by atoms with Gasteiger partial charge in [0.1, 0.15) is 6.04 Å². The maximum atomic E-state index is 12.5. The van der Waals surface area contributed by atoms with Crippen LogP contribution in [0.4, 0.5) is 11.4 Å². The van der Waals surface area contributed by atoms with E-state index < -0.39 is 23.8 Å². The predicted octanol–water partition coefficient (Wildman–Crippen LogP) is 1.01. The van der Waals surface area contributed by atoms with E-state index >= 15 is 0 Å². The van der Waals surface area contributed by atoms with E-state index in [0.29, 0.717) is 27.8 Å². The number of carbonyl (C=O) groups is 3. The molecule has 0 bridgehead atoms. The number of anilines is 2. The van der Waals surface area contributed by atoms with E-state index in [-0.39, 0.29) is 12.0 Å². The largest absolute Gasteiger partial charge is 0.340 e. The molecule has 146 valence electrons. The molecule has 2 aromatic carbocycles. The third-order valence-electron chi connectivity index (χ3n) is 4.64. The molecular weight excluding hydrogens is 374 g/mol. The number of carbonyl (C=O) groups excluding carboxylic acids is 3. The molecule has 1 aromatic heterocycles. The van der Waals surface area contributed by atoms with Crippen LogP contribution in [0.15, 0.2) is 53.6 Å². The summed E-state index contributed by atoms with van der Waals surface area (Å²) in [5.74, 6) is -1.39. The summed E-state index contributed by atoms with van der Waals surface area (Å²) in [5.41, 5.74) is 1.41. The molecule has 3 amide bonds. The molecule has 29 heavy (non-hydrogen) atoms. The fourth-order valence-electron chi connectivity index (χ4n) is 3.14. The molecule has 1 atom stereocenters. The quantitative estimate of drug-likeness (QED) is 0.615. The SMILES string of the molecule is Cn1cnc2ccc(NC(=O)CC3NC(=O)c4ccccc4NC3=O)cc2c1=O. The van der Waals surface area contributed by atoms with Crippen LogP contribution in [0.1, 0.15) is 16.8 Å². The molecule has 4 rings (SSSR count). The topological polar surface area (TPSA) is 122 Å². The van der Waals surface area contributed by atoms with Crippen molar-refractivity contribution in [2.75, 3.05) is 10.6 Å². The Labute approximate surface area is 164 Å². The first-order chi connectivity index (χ1) is 13.9. The monoisotopic (exact) mass is 391 g/mol. The van der Waals surface area contributed by atoms with Crippen LogP contribution in [0.25, 0.3) is 10.9 Å². The molecular formula is C20H17N5O4. The molecule has 9 heteroatoms. The Morgan fingerprint density at radius 1 is 1.17 bits per heavy atom. The first-order valence-electron chi connectivity index (χ1n) is 8.88. The first kappa shape index (κ1) is 18.4. The lowest BCUT2D eigenvalue weighted by Gasteiger charge is -2.14. The Morgan fingerprint density at radius 3 is 2.79 bits per heavy atom. The van der Waals surface area contributed by atoms with Crippen molar-refractivity contribution < 1.29 is 14.4 Å². The van der Waals surface area contributed by atoms with Crippen LogP contribution in [0.3, 0.4) is 0 Å². The molecule has 0 radical (unpaired) electrons. The van der Waals surface area contributed by atoms with Crippen molar-refractivity contribution in [3.8, 4) is 0 Å². The van der Waals surface area contributed by atoms with Gasteiger partial charge in [-0.15, -0.1) is 0 Å². The van der Waals surface area contributed by atoms with Gasteiger partial charge in [0.15, 0.2) is 0 Å². The van der Waals surface area contributed by atoms with Gasteiger partial charge in [-0.2, -0.15) is 0 Å². The molecule has 3 N–H and O–H groups in total. The summed E-state index contributed by atoms with van der Waals surface area (Å²) < 4.78 is 1.34. The highest BCUT2D eigenvalue weighted by Gasteiger charge is 2.29. The average molecular weight is 391 g/mol. The minimum absolute atomic E-state index is 0.237. The van der Waals surface area contributed by atoms with E-state index in [1.54, 1.807) is 43.4 Å². The molecule has 1 unspecified atom stereocenters. The van der Waals surface area contributed by atoms with Gasteiger partial charge >= 0.3 is 0 Å². The average Bonchev–Trinajstić information content (AvgIpc) is 2.81. The van der Waals surface area contributed by atoms with E-state index in [1.807, 2.05) is 0 Å². The number of aryl methyl sites for hydroxylation is 1. The molecule has 0 fully saturated rings. The van der Waals surface area contributed by atoms with Gasteiger partial charge in [0.05, 0.1) is 34.9 Å². The number of rotatable bonds is 3. The highest BCUT2D eigenvalue weighted by molar-refractivity contribution is 6.11.